The van der Waals surface area contributed by atoms with E-state index < -0.39 is 5.82 Å². The summed E-state index contributed by atoms with van der Waals surface area (Å²) in [6.45, 7) is 16.7. The van der Waals surface area contributed by atoms with Crippen molar-refractivity contribution in [3.63, 3.8) is 0 Å². The van der Waals surface area contributed by atoms with Crippen LogP contribution in [0.15, 0.2) is 48.9 Å². The van der Waals surface area contributed by atoms with Gasteiger partial charge in [0.15, 0.2) is 16.6 Å². The van der Waals surface area contributed by atoms with Crippen LogP contribution >= 0.6 is 11.3 Å². The SMILES string of the molecule is COc1cc2c(Nc3ncc(CC(=O)Nc4ccccc4F)s3)ncnc2cc1OCCCN1CCC[C@@H]1[C](C(C)(C)C)C(C)(C)C. The number of ether oxygens (including phenoxy) is 2. The van der Waals surface area contributed by atoms with E-state index in [1.807, 2.05) is 12.1 Å². The zero-order valence-corrected chi connectivity index (χ0v) is 29.3. The molecule has 0 bridgehead atoms. The number of hydrogen-bond acceptors (Lipinski definition) is 9. The zero-order valence-electron chi connectivity index (χ0n) is 28.4. The lowest BCUT2D eigenvalue weighted by Gasteiger charge is -2.46. The van der Waals surface area contributed by atoms with Crippen molar-refractivity contribution in [2.45, 2.75) is 73.3 Å². The maximum atomic E-state index is 13.9. The van der Waals surface area contributed by atoms with Gasteiger partial charge < -0.3 is 20.1 Å². The molecule has 2 N–H and O–H groups in total. The smallest absolute Gasteiger partial charge is 0.229 e. The number of carbonyl (C=O) groups is 1. The Labute approximate surface area is 281 Å². The fraction of sp³-hybridized carbons (Fsp3) is 0.472. The summed E-state index contributed by atoms with van der Waals surface area (Å²) in [6.07, 6.45) is 6.52. The van der Waals surface area contributed by atoms with Crippen LogP contribution < -0.4 is 20.1 Å². The van der Waals surface area contributed by atoms with Gasteiger partial charge in [0.25, 0.3) is 0 Å². The molecule has 1 aliphatic rings. The highest BCUT2D eigenvalue weighted by Gasteiger charge is 2.44. The number of halogens is 1. The van der Waals surface area contributed by atoms with Crippen LogP contribution in [0.25, 0.3) is 10.9 Å². The molecule has 2 aromatic heterocycles. The van der Waals surface area contributed by atoms with E-state index in [-0.39, 0.29) is 28.8 Å². The fourth-order valence-electron chi connectivity index (χ4n) is 6.89. The van der Waals surface area contributed by atoms with Crippen LogP contribution in [-0.4, -0.2) is 58.6 Å². The molecule has 11 heteroatoms. The lowest BCUT2D eigenvalue weighted by molar-refractivity contribution is -0.115. The molecule has 0 aliphatic carbocycles. The number of nitrogens with zero attached hydrogens (tertiary/aromatic N) is 4. The average Bonchev–Trinajstić information content (AvgIpc) is 3.63. The minimum Gasteiger partial charge on any atom is -0.493 e. The summed E-state index contributed by atoms with van der Waals surface area (Å²) >= 11 is 1.32. The Kier molecular flexibility index (Phi) is 10.7. The monoisotopic (exact) mass is 661 g/mol. The van der Waals surface area contributed by atoms with E-state index in [1.165, 1.54) is 42.6 Å². The van der Waals surface area contributed by atoms with Gasteiger partial charge in [-0.3, -0.25) is 9.69 Å². The molecule has 1 atom stereocenters. The summed E-state index contributed by atoms with van der Waals surface area (Å²) < 4.78 is 25.9. The molecule has 2 aromatic carbocycles. The third-order valence-electron chi connectivity index (χ3n) is 8.34. The minimum absolute atomic E-state index is 0.0672. The summed E-state index contributed by atoms with van der Waals surface area (Å²) in [6, 6.07) is 10.3. The van der Waals surface area contributed by atoms with Crippen molar-refractivity contribution in [3.8, 4) is 11.5 Å². The number of amides is 1. The molecule has 9 nitrogen and oxygen atoms in total. The molecule has 251 valence electrons. The van der Waals surface area contributed by atoms with Crippen molar-refractivity contribution < 1.29 is 18.7 Å². The number of fused-ring (bicyclic) bond motifs is 1. The van der Waals surface area contributed by atoms with Gasteiger partial charge in [-0.25, -0.2) is 19.3 Å². The van der Waals surface area contributed by atoms with Gasteiger partial charge in [0.2, 0.25) is 5.91 Å². The van der Waals surface area contributed by atoms with E-state index in [0.717, 1.165) is 29.8 Å². The highest BCUT2D eigenvalue weighted by molar-refractivity contribution is 7.15. The number of methoxy groups -OCH3 is 1. The topological polar surface area (TPSA) is 102 Å². The van der Waals surface area contributed by atoms with Crippen LogP contribution in [0.2, 0.25) is 0 Å². The number of likely N-dealkylation sites (tertiary alicyclic amines) is 1. The van der Waals surface area contributed by atoms with Crippen LogP contribution in [0.4, 0.5) is 21.0 Å². The number of para-hydroxylation sites is 1. The lowest BCUT2D eigenvalue weighted by atomic mass is 9.63. The number of hydrogen-bond donors (Lipinski definition) is 2. The standard InChI is InChI=1S/C36H46FN6O3S/c1-35(2,3)32(36(4,5)6)28-14-10-15-43(28)16-11-17-46-30-20-27-24(19-29(30)45-7)33(40-22-39-27)42-34-38-21-23(47-34)18-31(44)41-26-13-9-8-12-25(26)37/h8-9,12-13,19-22,28H,10-11,14-18H2,1-7H3,(H,41,44)(H,38,39,40,42)/t28-/m1/s1. The van der Waals surface area contributed by atoms with E-state index in [9.17, 15) is 9.18 Å². The molecule has 1 fully saturated rings. The average molecular weight is 662 g/mol. The first-order valence-electron chi connectivity index (χ1n) is 16.2. The molecule has 0 unspecified atom stereocenters. The molecule has 1 amide bonds. The largest absolute Gasteiger partial charge is 0.493 e. The van der Waals surface area contributed by atoms with E-state index >= 15 is 0 Å². The van der Waals surface area contributed by atoms with Crippen molar-refractivity contribution in [2.24, 2.45) is 10.8 Å². The van der Waals surface area contributed by atoms with Crippen molar-refractivity contribution in [1.29, 1.82) is 0 Å². The Morgan fingerprint density at radius 1 is 1.06 bits per heavy atom. The predicted molar refractivity (Wildman–Crippen MR) is 187 cm³/mol. The molecule has 47 heavy (non-hydrogen) atoms. The molecule has 0 saturated carbocycles. The fourth-order valence-corrected chi connectivity index (χ4v) is 7.70. The lowest BCUT2D eigenvalue weighted by Crippen LogP contribution is -2.46. The van der Waals surface area contributed by atoms with Gasteiger partial charge in [-0.05, 0) is 54.8 Å². The summed E-state index contributed by atoms with van der Waals surface area (Å²) in [4.78, 5) is 29.2. The Morgan fingerprint density at radius 3 is 2.55 bits per heavy atom. The van der Waals surface area contributed by atoms with Gasteiger partial charge in [-0.15, -0.1) is 11.3 Å². The van der Waals surface area contributed by atoms with Crippen LogP contribution in [0.1, 0.15) is 65.7 Å². The maximum absolute atomic E-state index is 13.9. The third kappa shape index (κ3) is 8.56. The summed E-state index contributed by atoms with van der Waals surface area (Å²) in [5, 5.41) is 7.17. The number of carbonyl (C=O) groups excluding carboxylic acids is 1. The molecule has 1 saturated heterocycles. The minimum atomic E-state index is -0.479. The second-order valence-corrected chi connectivity index (χ2v) is 15.1. The molecule has 5 rings (SSSR count). The number of thiazole rings is 1. The molecule has 0 spiro atoms. The molecule has 3 heterocycles. The quantitative estimate of drug-likeness (QED) is 0.147. The number of rotatable bonds is 12. The summed E-state index contributed by atoms with van der Waals surface area (Å²) in [5.74, 6) is 2.61. The molecule has 1 radical (unpaired) electrons. The number of aromatic nitrogens is 3. The first-order valence-corrected chi connectivity index (χ1v) is 17.0. The zero-order chi connectivity index (χ0) is 33.8. The van der Waals surface area contributed by atoms with Gasteiger partial charge in [0.05, 0.1) is 31.3 Å². The molecular weight excluding hydrogens is 616 g/mol. The van der Waals surface area contributed by atoms with Crippen molar-refractivity contribution >= 4 is 44.8 Å². The number of anilines is 3. The first kappa shape index (κ1) is 34.5. The van der Waals surface area contributed by atoms with E-state index in [2.05, 4.69) is 72.0 Å². The Hall–Kier alpha value is -3.83. The van der Waals surface area contributed by atoms with Gasteiger partial charge >= 0.3 is 0 Å². The Bertz CT molecular complexity index is 1670. The van der Waals surface area contributed by atoms with Crippen LogP contribution in [-0.2, 0) is 11.2 Å². The maximum Gasteiger partial charge on any atom is 0.229 e. The van der Waals surface area contributed by atoms with Crippen molar-refractivity contribution in [3.05, 3.63) is 65.5 Å². The number of nitrogens with one attached hydrogen (secondary N) is 2. The second-order valence-electron chi connectivity index (χ2n) is 14.0. The van der Waals surface area contributed by atoms with Crippen molar-refractivity contribution in [2.75, 3.05) is 37.4 Å². The predicted octanol–water partition coefficient (Wildman–Crippen LogP) is 8.06. The summed E-state index contributed by atoms with van der Waals surface area (Å²) in [5.41, 5.74) is 1.15. The van der Waals surface area contributed by atoms with Gasteiger partial charge in [0, 0.05) is 41.0 Å². The van der Waals surface area contributed by atoms with Crippen LogP contribution in [0, 0.1) is 22.6 Å². The summed E-state index contributed by atoms with van der Waals surface area (Å²) in [7, 11) is 1.62. The van der Waals surface area contributed by atoms with E-state index in [1.54, 1.807) is 31.4 Å². The highest BCUT2D eigenvalue weighted by atomic mass is 32.1. The van der Waals surface area contributed by atoms with Gasteiger partial charge in [-0.2, -0.15) is 0 Å². The molecule has 1 aliphatic heterocycles. The Balaban J connectivity index is 1.21. The third-order valence-corrected chi connectivity index (χ3v) is 9.26. The number of benzene rings is 2. The molecule has 4 aromatic rings. The van der Waals surface area contributed by atoms with Crippen LogP contribution in [0.5, 0.6) is 11.5 Å². The second kappa shape index (κ2) is 14.5. The first-order chi connectivity index (χ1) is 22.3. The van der Waals surface area contributed by atoms with E-state index in [4.69, 9.17) is 9.47 Å². The molecular formula is C36H46FN6O3S. The van der Waals surface area contributed by atoms with Crippen LogP contribution in [0.3, 0.4) is 0 Å². The highest BCUT2D eigenvalue weighted by Crippen LogP contribution is 2.48. The van der Waals surface area contributed by atoms with E-state index in [0.29, 0.717) is 40.6 Å². The van der Waals surface area contributed by atoms with Crippen molar-refractivity contribution in [1.82, 2.24) is 19.9 Å². The van der Waals surface area contributed by atoms with Gasteiger partial charge in [-0.1, -0.05) is 53.7 Å². The Morgan fingerprint density at radius 2 is 1.83 bits per heavy atom. The van der Waals surface area contributed by atoms with Gasteiger partial charge in [0.1, 0.15) is 18.0 Å². The normalized spacial score (nSPS) is 15.7.